The van der Waals surface area contributed by atoms with Crippen molar-refractivity contribution in [1.29, 1.82) is 0 Å². The molecule has 1 amide bonds. The van der Waals surface area contributed by atoms with Crippen LogP contribution in [-0.4, -0.2) is 17.5 Å². The summed E-state index contributed by atoms with van der Waals surface area (Å²) in [5, 5.41) is 3.43. The number of hydrogen-bond donors (Lipinski definition) is 1. The molecule has 2 aromatic rings. The van der Waals surface area contributed by atoms with Crippen LogP contribution in [0.1, 0.15) is 28.1 Å². The average molecular weight is 288 g/mol. The van der Waals surface area contributed by atoms with Crippen molar-refractivity contribution >= 4 is 22.4 Å². The Morgan fingerprint density at radius 1 is 1.45 bits per heavy atom. The minimum atomic E-state index is -0.175. The first-order chi connectivity index (χ1) is 9.72. The lowest BCUT2D eigenvalue weighted by molar-refractivity contribution is 0.102. The second kappa shape index (κ2) is 5.63. The van der Waals surface area contributed by atoms with Gasteiger partial charge in [-0.1, -0.05) is 12.1 Å². The van der Waals surface area contributed by atoms with Crippen LogP contribution >= 0.6 is 11.3 Å². The van der Waals surface area contributed by atoms with Crippen molar-refractivity contribution < 1.29 is 9.53 Å². The lowest BCUT2D eigenvalue weighted by Crippen LogP contribution is -2.14. The fourth-order valence-corrected chi connectivity index (χ4v) is 2.51. The Labute approximate surface area is 121 Å². The van der Waals surface area contributed by atoms with E-state index in [1.54, 1.807) is 12.3 Å². The van der Waals surface area contributed by atoms with Gasteiger partial charge in [-0.25, -0.2) is 4.98 Å². The third-order valence-corrected chi connectivity index (χ3v) is 3.97. The van der Waals surface area contributed by atoms with Gasteiger partial charge < -0.3 is 4.74 Å². The number of carbonyl (C=O) groups is 1. The monoisotopic (exact) mass is 288 g/mol. The van der Waals surface area contributed by atoms with E-state index in [1.165, 1.54) is 24.2 Å². The van der Waals surface area contributed by atoms with Crippen LogP contribution in [0.15, 0.2) is 30.5 Å². The Morgan fingerprint density at radius 2 is 2.25 bits per heavy atom. The highest BCUT2D eigenvalue weighted by molar-refractivity contribution is 7.15. The summed E-state index contributed by atoms with van der Waals surface area (Å²) < 4.78 is 5.75. The number of aromatic nitrogens is 1. The molecular formula is C15H16N2O2S. The number of anilines is 1. The molecule has 1 aromatic carbocycles. The number of amides is 1. The summed E-state index contributed by atoms with van der Waals surface area (Å²) in [4.78, 5) is 17.5. The van der Waals surface area contributed by atoms with E-state index in [9.17, 15) is 4.79 Å². The molecule has 0 saturated heterocycles. The van der Waals surface area contributed by atoms with Crippen LogP contribution in [0, 0.1) is 12.8 Å². The second-order valence-electron chi connectivity index (χ2n) is 4.98. The van der Waals surface area contributed by atoms with E-state index < -0.39 is 0 Å². The van der Waals surface area contributed by atoms with Crippen LogP contribution in [0.3, 0.4) is 0 Å². The number of nitrogens with one attached hydrogen (secondary N) is 1. The summed E-state index contributed by atoms with van der Waals surface area (Å²) >= 11 is 1.46. The highest BCUT2D eigenvalue weighted by Gasteiger charge is 2.23. The van der Waals surface area contributed by atoms with Gasteiger partial charge in [0.1, 0.15) is 5.75 Å². The lowest BCUT2D eigenvalue weighted by atomic mass is 10.2. The lowest BCUT2D eigenvalue weighted by Gasteiger charge is -2.10. The number of hydrogen-bond acceptors (Lipinski definition) is 4. The van der Waals surface area contributed by atoms with Crippen molar-refractivity contribution in [2.45, 2.75) is 19.8 Å². The predicted octanol–water partition coefficient (Wildman–Crippen LogP) is 3.49. The fraction of sp³-hybridized carbons (Fsp3) is 0.333. The molecule has 0 aliphatic heterocycles. The zero-order chi connectivity index (χ0) is 13.9. The summed E-state index contributed by atoms with van der Waals surface area (Å²) in [6.07, 6.45) is 4.20. The maximum atomic E-state index is 12.3. The molecule has 104 valence electrons. The van der Waals surface area contributed by atoms with E-state index in [1.807, 2.05) is 25.1 Å². The van der Waals surface area contributed by atoms with Crippen LogP contribution in [-0.2, 0) is 0 Å². The Balaban J connectivity index is 1.72. The third-order valence-electron chi connectivity index (χ3n) is 3.14. The SMILES string of the molecule is Cc1cnc(NC(=O)c2ccccc2OCC2CC2)s1. The Hall–Kier alpha value is -1.88. The summed E-state index contributed by atoms with van der Waals surface area (Å²) in [5.41, 5.74) is 0.556. The number of rotatable bonds is 5. The molecule has 1 aromatic heterocycles. The standard InChI is InChI=1S/C15H16N2O2S/c1-10-8-16-15(20-10)17-14(18)12-4-2-3-5-13(12)19-9-11-6-7-11/h2-5,8,11H,6-7,9H2,1H3,(H,16,17,18). The maximum Gasteiger partial charge on any atom is 0.261 e. The first kappa shape index (κ1) is 13.1. The number of thiazole rings is 1. The van der Waals surface area contributed by atoms with Gasteiger partial charge >= 0.3 is 0 Å². The molecule has 1 aliphatic carbocycles. The minimum absolute atomic E-state index is 0.175. The molecule has 1 saturated carbocycles. The fourth-order valence-electron chi connectivity index (χ4n) is 1.85. The number of carbonyl (C=O) groups excluding carboxylic acids is 1. The van der Waals surface area contributed by atoms with Crippen LogP contribution in [0.4, 0.5) is 5.13 Å². The molecule has 0 unspecified atom stereocenters. The van der Waals surface area contributed by atoms with Crippen molar-refractivity contribution in [1.82, 2.24) is 4.98 Å². The highest BCUT2D eigenvalue weighted by Crippen LogP contribution is 2.30. The average Bonchev–Trinajstić information content (AvgIpc) is 3.19. The van der Waals surface area contributed by atoms with Crippen LogP contribution < -0.4 is 10.1 Å². The van der Waals surface area contributed by atoms with Gasteiger partial charge in [-0.3, -0.25) is 10.1 Å². The minimum Gasteiger partial charge on any atom is -0.492 e. The zero-order valence-electron chi connectivity index (χ0n) is 11.3. The first-order valence-corrected chi connectivity index (χ1v) is 7.49. The molecule has 5 heteroatoms. The Morgan fingerprint density at radius 3 is 2.95 bits per heavy atom. The van der Waals surface area contributed by atoms with Gasteiger partial charge in [0.05, 0.1) is 12.2 Å². The molecule has 0 radical (unpaired) electrons. The molecule has 1 fully saturated rings. The first-order valence-electron chi connectivity index (χ1n) is 6.68. The second-order valence-corrected chi connectivity index (χ2v) is 6.22. The normalized spacial score (nSPS) is 14.1. The van der Waals surface area contributed by atoms with E-state index in [0.29, 0.717) is 29.0 Å². The largest absolute Gasteiger partial charge is 0.492 e. The molecule has 4 nitrogen and oxygen atoms in total. The summed E-state index contributed by atoms with van der Waals surface area (Å²) in [6.45, 7) is 2.65. The number of nitrogens with zero attached hydrogens (tertiary/aromatic N) is 1. The van der Waals surface area contributed by atoms with Gasteiger partial charge in [0.25, 0.3) is 5.91 Å². The predicted molar refractivity (Wildman–Crippen MR) is 79.5 cm³/mol. The molecule has 0 atom stereocenters. The number of ether oxygens (including phenoxy) is 1. The molecule has 0 spiro atoms. The van der Waals surface area contributed by atoms with E-state index in [2.05, 4.69) is 10.3 Å². The van der Waals surface area contributed by atoms with Crippen LogP contribution in [0.5, 0.6) is 5.75 Å². The van der Waals surface area contributed by atoms with Crippen molar-refractivity contribution in [2.24, 2.45) is 5.92 Å². The van der Waals surface area contributed by atoms with Gasteiger partial charge in [-0.15, -0.1) is 11.3 Å². The molecule has 1 heterocycles. The molecule has 20 heavy (non-hydrogen) atoms. The summed E-state index contributed by atoms with van der Waals surface area (Å²) in [6, 6.07) is 7.33. The number of aryl methyl sites for hydroxylation is 1. The van der Waals surface area contributed by atoms with Crippen molar-refractivity contribution in [3.8, 4) is 5.75 Å². The third kappa shape index (κ3) is 3.17. The van der Waals surface area contributed by atoms with Gasteiger partial charge in [0.15, 0.2) is 5.13 Å². The van der Waals surface area contributed by atoms with Crippen LogP contribution in [0.2, 0.25) is 0 Å². The Bertz CT molecular complexity index is 620. The summed E-state index contributed by atoms with van der Waals surface area (Å²) in [7, 11) is 0. The molecule has 1 N–H and O–H groups in total. The van der Waals surface area contributed by atoms with Gasteiger partial charge in [0, 0.05) is 11.1 Å². The Kier molecular flexibility index (Phi) is 3.69. The number of benzene rings is 1. The van der Waals surface area contributed by atoms with Crippen molar-refractivity contribution in [3.63, 3.8) is 0 Å². The van der Waals surface area contributed by atoms with Gasteiger partial charge in [-0.05, 0) is 37.8 Å². The van der Waals surface area contributed by atoms with Gasteiger partial charge in [0.2, 0.25) is 0 Å². The van der Waals surface area contributed by atoms with Gasteiger partial charge in [-0.2, -0.15) is 0 Å². The molecule has 1 aliphatic rings. The smallest absolute Gasteiger partial charge is 0.261 e. The van der Waals surface area contributed by atoms with E-state index in [-0.39, 0.29) is 5.91 Å². The molecule has 0 bridgehead atoms. The summed E-state index contributed by atoms with van der Waals surface area (Å²) in [5.74, 6) is 1.13. The zero-order valence-corrected chi connectivity index (χ0v) is 12.1. The quantitative estimate of drug-likeness (QED) is 0.916. The molecule has 3 rings (SSSR count). The number of para-hydroxylation sites is 1. The van der Waals surface area contributed by atoms with Crippen molar-refractivity contribution in [3.05, 3.63) is 40.9 Å². The molecular weight excluding hydrogens is 272 g/mol. The van der Waals surface area contributed by atoms with E-state index in [0.717, 1.165) is 4.88 Å². The van der Waals surface area contributed by atoms with Crippen LogP contribution in [0.25, 0.3) is 0 Å². The highest BCUT2D eigenvalue weighted by atomic mass is 32.1. The van der Waals surface area contributed by atoms with Crippen molar-refractivity contribution in [2.75, 3.05) is 11.9 Å². The van der Waals surface area contributed by atoms with E-state index in [4.69, 9.17) is 4.74 Å². The topological polar surface area (TPSA) is 51.2 Å². The van der Waals surface area contributed by atoms with E-state index >= 15 is 0 Å². The maximum absolute atomic E-state index is 12.3.